The van der Waals surface area contributed by atoms with Crippen molar-refractivity contribution in [2.75, 3.05) is 6.79 Å². The van der Waals surface area contributed by atoms with E-state index in [4.69, 9.17) is 13.9 Å². The van der Waals surface area contributed by atoms with Crippen molar-refractivity contribution < 1.29 is 18.7 Å². The van der Waals surface area contributed by atoms with Crippen LogP contribution in [-0.2, 0) is 19.6 Å². The van der Waals surface area contributed by atoms with Gasteiger partial charge in [-0.3, -0.25) is 9.69 Å². The van der Waals surface area contributed by atoms with Gasteiger partial charge in [-0.2, -0.15) is 0 Å². The molecule has 33 heavy (non-hydrogen) atoms. The summed E-state index contributed by atoms with van der Waals surface area (Å²) in [6.07, 6.45) is 2.29. The number of fused-ring (bicyclic) bond motifs is 1. The maximum atomic E-state index is 12.4. The third-order valence-electron chi connectivity index (χ3n) is 5.87. The van der Waals surface area contributed by atoms with Gasteiger partial charge in [0.05, 0.1) is 6.54 Å². The number of ether oxygens (including phenoxy) is 2. The molecule has 1 amide bonds. The molecule has 2 aromatic carbocycles. The van der Waals surface area contributed by atoms with Crippen LogP contribution in [0.1, 0.15) is 58.9 Å². The molecule has 2 heterocycles. The van der Waals surface area contributed by atoms with Crippen LogP contribution in [-0.4, -0.2) is 28.6 Å². The average molecular weight is 450 g/mol. The average Bonchev–Trinajstić information content (AvgIpc) is 3.44. The van der Waals surface area contributed by atoms with Gasteiger partial charge in [0.25, 0.3) is 5.91 Å². The van der Waals surface area contributed by atoms with Crippen molar-refractivity contribution >= 4 is 5.91 Å². The van der Waals surface area contributed by atoms with Crippen LogP contribution in [0.15, 0.2) is 47.1 Å². The van der Waals surface area contributed by atoms with Crippen LogP contribution in [0.2, 0.25) is 0 Å². The molecule has 7 heteroatoms. The van der Waals surface area contributed by atoms with Crippen molar-refractivity contribution in [3.63, 3.8) is 0 Å². The molecule has 0 saturated carbocycles. The Hall–Kier alpha value is -3.32. The largest absolute Gasteiger partial charge is 0.454 e. The van der Waals surface area contributed by atoms with Crippen molar-refractivity contribution in [2.24, 2.45) is 0 Å². The zero-order valence-electron chi connectivity index (χ0n) is 19.7. The van der Waals surface area contributed by atoms with Gasteiger partial charge in [0.15, 0.2) is 17.2 Å². The number of aromatic nitrogens is 1. The molecule has 1 N–H and O–H groups in total. The Morgan fingerprint density at radius 2 is 1.91 bits per heavy atom. The van der Waals surface area contributed by atoms with Gasteiger partial charge in [-0.1, -0.05) is 36.8 Å². The molecule has 7 nitrogen and oxygen atoms in total. The molecule has 1 unspecified atom stereocenters. The van der Waals surface area contributed by atoms with E-state index >= 15 is 0 Å². The van der Waals surface area contributed by atoms with Gasteiger partial charge in [0.2, 0.25) is 12.7 Å². The topological polar surface area (TPSA) is 76.8 Å². The summed E-state index contributed by atoms with van der Waals surface area (Å²) in [7, 11) is 0. The summed E-state index contributed by atoms with van der Waals surface area (Å²) < 4.78 is 16.7. The number of carbonyl (C=O) groups excluding carboxylic acids is 1. The summed E-state index contributed by atoms with van der Waals surface area (Å²) in [5, 5.41) is 2.93. The lowest BCUT2D eigenvalue weighted by atomic mass is 10.0. The maximum absolute atomic E-state index is 12.4. The summed E-state index contributed by atoms with van der Waals surface area (Å²) in [5.74, 6) is 1.83. The minimum Gasteiger partial charge on any atom is -0.454 e. The van der Waals surface area contributed by atoms with E-state index in [0.29, 0.717) is 24.7 Å². The van der Waals surface area contributed by atoms with Crippen LogP contribution in [0.5, 0.6) is 11.5 Å². The minimum atomic E-state index is -0.212. The highest BCUT2D eigenvalue weighted by molar-refractivity contribution is 5.92. The number of rotatable bonds is 9. The first-order valence-electron chi connectivity index (χ1n) is 11.3. The molecule has 1 aliphatic heterocycles. The van der Waals surface area contributed by atoms with Crippen LogP contribution in [0.3, 0.4) is 0 Å². The zero-order valence-corrected chi connectivity index (χ0v) is 19.7. The van der Waals surface area contributed by atoms with Gasteiger partial charge in [0.1, 0.15) is 6.26 Å². The van der Waals surface area contributed by atoms with Crippen molar-refractivity contribution in [3.8, 4) is 11.5 Å². The number of carbonyl (C=O) groups is 1. The van der Waals surface area contributed by atoms with Crippen LogP contribution in [0.25, 0.3) is 0 Å². The number of benzene rings is 2. The quantitative estimate of drug-likeness (QED) is 0.508. The second-order valence-corrected chi connectivity index (χ2v) is 8.67. The fourth-order valence-corrected chi connectivity index (χ4v) is 3.81. The first-order valence-corrected chi connectivity index (χ1v) is 11.3. The molecule has 0 saturated heterocycles. The van der Waals surface area contributed by atoms with Gasteiger partial charge < -0.3 is 19.2 Å². The highest BCUT2D eigenvalue weighted by Gasteiger charge is 2.19. The van der Waals surface area contributed by atoms with Gasteiger partial charge >= 0.3 is 0 Å². The smallest absolute Gasteiger partial charge is 0.273 e. The Balaban J connectivity index is 1.53. The Morgan fingerprint density at radius 3 is 2.70 bits per heavy atom. The molecule has 1 aliphatic rings. The molecule has 0 radical (unpaired) electrons. The lowest BCUT2D eigenvalue weighted by Crippen LogP contribution is -2.32. The van der Waals surface area contributed by atoms with Crippen molar-refractivity contribution in [2.45, 2.75) is 59.8 Å². The Bertz CT molecular complexity index is 1120. The summed E-state index contributed by atoms with van der Waals surface area (Å²) >= 11 is 0. The van der Waals surface area contributed by atoms with E-state index in [2.05, 4.69) is 47.2 Å². The molecule has 0 bridgehead atoms. The highest BCUT2D eigenvalue weighted by Crippen LogP contribution is 2.33. The number of hydrogen-bond acceptors (Lipinski definition) is 6. The predicted octanol–water partition coefficient (Wildman–Crippen LogP) is 4.75. The normalized spacial score (nSPS) is 13.4. The molecule has 0 fully saturated rings. The first kappa shape index (κ1) is 22.9. The van der Waals surface area contributed by atoms with E-state index in [-0.39, 0.29) is 18.7 Å². The molecule has 0 aliphatic carbocycles. The Kier molecular flexibility index (Phi) is 6.99. The SMILES string of the molecule is CCC(C)NC(=O)c1coc(CN(Cc2ccc3c(c2)OCO3)Cc2ccc(C)cc2C)n1. The van der Waals surface area contributed by atoms with Crippen LogP contribution in [0.4, 0.5) is 0 Å². The Labute approximate surface area is 194 Å². The third kappa shape index (κ3) is 5.73. The maximum Gasteiger partial charge on any atom is 0.273 e. The van der Waals surface area contributed by atoms with Crippen LogP contribution < -0.4 is 14.8 Å². The number of nitrogens with one attached hydrogen (secondary N) is 1. The van der Waals surface area contributed by atoms with E-state index in [9.17, 15) is 4.79 Å². The second-order valence-electron chi connectivity index (χ2n) is 8.67. The summed E-state index contributed by atoms with van der Waals surface area (Å²) in [4.78, 5) is 19.1. The standard InChI is InChI=1S/C26H31N3O4/c1-5-19(4)27-26(30)22-15-31-25(28-22)14-29(13-21-8-6-17(2)10-18(21)3)12-20-7-9-23-24(11-20)33-16-32-23/h6-11,15,19H,5,12-14,16H2,1-4H3,(H,27,30). The van der Waals surface area contributed by atoms with Crippen molar-refractivity contribution in [3.05, 3.63) is 76.5 Å². The molecule has 0 spiro atoms. The first-order chi connectivity index (χ1) is 15.9. The van der Waals surface area contributed by atoms with Gasteiger partial charge in [0, 0.05) is 19.1 Å². The molecule has 174 valence electrons. The fraction of sp³-hybridized carbons (Fsp3) is 0.385. The molecular formula is C26H31N3O4. The van der Waals surface area contributed by atoms with Crippen LogP contribution in [0, 0.1) is 13.8 Å². The molecule has 1 atom stereocenters. The lowest BCUT2D eigenvalue weighted by Gasteiger charge is -2.22. The van der Waals surface area contributed by atoms with E-state index in [1.54, 1.807) is 0 Å². The molecule has 1 aromatic heterocycles. The van der Waals surface area contributed by atoms with E-state index in [1.807, 2.05) is 32.0 Å². The highest BCUT2D eigenvalue weighted by atomic mass is 16.7. The van der Waals surface area contributed by atoms with Gasteiger partial charge in [-0.25, -0.2) is 4.98 Å². The predicted molar refractivity (Wildman–Crippen MR) is 125 cm³/mol. The monoisotopic (exact) mass is 449 g/mol. The fourth-order valence-electron chi connectivity index (χ4n) is 3.81. The Morgan fingerprint density at radius 1 is 1.09 bits per heavy atom. The summed E-state index contributed by atoms with van der Waals surface area (Å²) in [5.41, 5.74) is 5.13. The summed E-state index contributed by atoms with van der Waals surface area (Å²) in [6.45, 7) is 10.3. The number of aryl methyl sites for hydroxylation is 2. The van der Waals surface area contributed by atoms with E-state index < -0.39 is 0 Å². The van der Waals surface area contributed by atoms with Crippen molar-refractivity contribution in [1.29, 1.82) is 0 Å². The minimum absolute atomic E-state index is 0.0877. The van der Waals surface area contributed by atoms with Crippen LogP contribution >= 0.6 is 0 Å². The summed E-state index contributed by atoms with van der Waals surface area (Å²) in [6, 6.07) is 12.6. The van der Waals surface area contributed by atoms with E-state index in [0.717, 1.165) is 30.0 Å². The number of amides is 1. The molecular weight excluding hydrogens is 418 g/mol. The van der Waals surface area contributed by atoms with Gasteiger partial charge in [-0.15, -0.1) is 0 Å². The molecule has 3 aromatic rings. The van der Waals surface area contributed by atoms with Gasteiger partial charge in [-0.05, 0) is 56.0 Å². The number of hydrogen-bond donors (Lipinski definition) is 1. The lowest BCUT2D eigenvalue weighted by molar-refractivity contribution is 0.0934. The third-order valence-corrected chi connectivity index (χ3v) is 5.87. The number of nitrogens with zero attached hydrogens (tertiary/aromatic N) is 2. The second kappa shape index (κ2) is 10.1. The van der Waals surface area contributed by atoms with E-state index in [1.165, 1.54) is 23.0 Å². The number of oxazole rings is 1. The zero-order chi connectivity index (χ0) is 23.4. The molecule has 4 rings (SSSR count). The van der Waals surface area contributed by atoms with Crippen molar-refractivity contribution in [1.82, 2.24) is 15.2 Å².